The van der Waals surface area contributed by atoms with Crippen LogP contribution >= 0.6 is 0 Å². The maximum absolute atomic E-state index is 12.4. The van der Waals surface area contributed by atoms with Gasteiger partial charge in [0.05, 0.1) is 35.5 Å². The van der Waals surface area contributed by atoms with Gasteiger partial charge in [-0.15, -0.1) is 5.10 Å². The van der Waals surface area contributed by atoms with Crippen LogP contribution in [0.3, 0.4) is 0 Å². The molecule has 0 fully saturated rings. The fourth-order valence-electron chi connectivity index (χ4n) is 4.14. The quantitative estimate of drug-likeness (QED) is 0.305. The molecule has 0 saturated carbocycles. The second-order valence-electron chi connectivity index (χ2n) is 8.09. The van der Waals surface area contributed by atoms with E-state index in [4.69, 9.17) is 4.74 Å². The number of carbonyl (C=O) groups excluding carboxylic acids is 2. The zero-order valence-corrected chi connectivity index (χ0v) is 19.7. The number of H-pyrrole nitrogens is 2. The van der Waals surface area contributed by atoms with E-state index < -0.39 is 17.0 Å². The molecule has 0 aliphatic carbocycles. The van der Waals surface area contributed by atoms with Gasteiger partial charge in [0, 0.05) is 19.2 Å². The van der Waals surface area contributed by atoms with Gasteiger partial charge in [-0.1, -0.05) is 6.07 Å². The molecule has 0 bridgehead atoms. The minimum absolute atomic E-state index is 0.0654. The highest BCUT2D eigenvalue weighted by Gasteiger charge is 2.19. The smallest absolute Gasteiger partial charge is 0.272 e. The van der Waals surface area contributed by atoms with Gasteiger partial charge in [0.15, 0.2) is 5.65 Å². The van der Waals surface area contributed by atoms with Gasteiger partial charge in [-0.25, -0.2) is 9.67 Å². The lowest BCUT2D eigenvalue weighted by Crippen LogP contribution is -2.33. The first-order valence-electron chi connectivity index (χ1n) is 10.9. The third-order valence-electron chi connectivity index (χ3n) is 5.86. The summed E-state index contributed by atoms with van der Waals surface area (Å²) in [6, 6.07) is 4.55. The molecule has 182 valence electrons. The highest BCUT2D eigenvalue weighted by atomic mass is 16.5. The summed E-state index contributed by atoms with van der Waals surface area (Å²) in [5, 5.41) is 15.0. The summed E-state index contributed by atoms with van der Waals surface area (Å²) < 4.78 is 7.02. The van der Waals surface area contributed by atoms with Crippen LogP contribution in [0.4, 0.5) is 5.69 Å². The average molecular weight is 479 g/mol. The first kappa shape index (κ1) is 23.7. The van der Waals surface area contributed by atoms with Crippen LogP contribution in [0.5, 0.6) is 5.88 Å². The van der Waals surface area contributed by atoms with E-state index >= 15 is 0 Å². The van der Waals surface area contributed by atoms with Crippen LogP contribution in [0.15, 0.2) is 27.8 Å². The lowest BCUT2D eigenvalue weighted by molar-refractivity contribution is -0.124. The highest BCUT2D eigenvalue weighted by molar-refractivity contribution is 6.02. The zero-order chi connectivity index (χ0) is 25.3. The van der Waals surface area contributed by atoms with E-state index in [-0.39, 0.29) is 35.3 Å². The number of pyridine rings is 1. The monoisotopic (exact) mass is 479 g/mol. The molecule has 0 radical (unpaired) electrons. The lowest BCUT2D eigenvalue weighted by atomic mass is 10.00. The largest absolute Gasteiger partial charge is 0.479 e. The lowest BCUT2D eigenvalue weighted by Gasteiger charge is -2.12. The molecule has 0 aliphatic heterocycles. The predicted octanol–water partition coefficient (Wildman–Crippen LogP) is 0.811. The van der Waals surface area contributed by atoms with Gasteiger partial charge in [-0.3, -0.25) is 29.4 Å². The van der Waals surface area contributed by atoms with E-state index in [0.29, 0.717) is 17.9 Å². The van der Waals surface area contributed by atoms with E-state index in [9.17, 15) is 19.2 Å². The van der Waals surface area contributed by atoms with Crippen LogP contribution in [0, 0.1) is 13.8 Å². The average Bonchev–Trinajstić information content (AvgIpc) is 3.15. The first-order valence-corrected chi connectivity index (χ1v) is 10.9. The Morgan fingerprint density at radius 1 is 1.09 bits per heavy atom. The third-order valence-corrected chi connectivity index (χ3v) is 5.86. The predicted molar refractivity (Wildman–Crippen MR) is 130 cm³/mol. The number of benzene rings is 1. The molecule has 12 heteroatoms. The standard InChI is InChI=1S/C23H25N7O5/c1-11-13(12(2)25-20-18(11)23(35-4)29-30(20)3)8-9-16(31)24-10-17(32)26-15-7-5-6-14-19(15)22(34)28-27-21(14)33/h5-7H,8-10H2,1-4H3,(H,24,31)(H,26,32)(H,27,33)(H,28,34). The summed E-state index contributed by atoms with van der Waals surface area (Å²) in [6.07, 6.45) is 0.571. The molecule has 4 N–H and O–H groups in total. The van der Waals surface area contributed by atoms with Gasteiger partial charge < -0.3 is 15.4 Å². The van der Waals surface area contributed by atoms with Crippen LogP contribution in [-0.2, 0) is 23.1 Å². The minimum Gasteiger partial charge on any atom is -0.479 e. The molecule has 12 nitrogen and oxygen atoms in total. The van der Waals surface area contributed by atoms with Gasteiger partial charge in [-0.2, -0.15) is 0 Å². The van der Waals surface area contributed by atoms with Gasteiger partial charge in [0.2, 0.25) is 17.7 Å². The maximum atomic E-state index is 12.4. The summed E-state index contributed by atoms with van der Waals surface area (Å²) >= 11 is 0. The van der Waals surface area contributed by atoms with Gasteiger partial charge in [0.25, 0.3) is 11.1 Å². The van der Waals surface area contributed by atoms with Crippen LogP contribution < -0.4 is 26.5 Å². The topological polar surface area (TPSA) is 164 Å². The Morgan fingerprint density at radius 3 is 2.57 bits per heavy atom. The number of hydrogen-bond acceptors (Lipinski definition) is 7. The van der Waals surface area contributed by atoms with Crippen molar-refractivity contribution in [3.05, 3.63) is 55.7 Å². The molecule has 0 spiro atoms. The van der Waals surface area contributed by atoms with Gasteiger partial charge in [0.1, 0.15) is 0 Å². The SMILES string of the molecule is COc1nn(C)c2nc(C)c(CCC(=O)NCC(=O)Nc3cccc4c(=O)[nH][nH]c(=O)c34)c(C)c12. The maximum Gasteiger partial charge on any atom is 0.272 e. The van der Waals surface area contributed by atoms with Crippen LogP contribution in [0.2, 0.25) is 0 Å². The number of aryl methyl sites for hydroxylation is 3. The van der Waals surface area contributed by atoms with E-state index in [1.54, 1.807) is 24.9 Å². The van der Waals surface area contributed by atoms with Crippen LogP contribution in [0.1, 0.15) is 23.2 Å². The van der Waals surface area contributed by atoms with Crippen molar-refractivity contribution in [3.8, 4) is 5.88 Å². The highest BCUT2D eigenvalue weighted by Crippen LogP contribution is 2.30. The molecule has 4 rings (SSSR count). The Kier molecular flexibility index (Phi) is 6.36. The number of methoxy groups -OCH3 is 1. The third kappa shape index (κ3) is 4.50. The molecular weight excluding hydrogens is 454 g/mol. The van der Waals surface area contributed by atoms with Crippen LogP contribution in [0.25, 0.3) is 21.8 Å². The van der Waals surface area contributed by atoms with Gasteiger partial charge >= 0.3 is 0 Å². The molecule has 1 aromatic carbocycles. The van der Waals surface area contributed by atoms with Gasteiger partial charge in [-0.05, 0) is 43.5 Å². The summed E-state index contributed by atoms with van der Waals surface area (Å²) in [5.41, 5.74) is 2.53. The Bertz CT molecular complexity index is 1580. The number of nitrogens with one attached hydrogen (secondary N) is 4. The Hall–Kier alpha value is -4.48. The van der Waals surface area contributed by atoms with Crippen molar-refractivity contribution in [3.63, 3.8) is 0 Å². The first-order chi connectivity index (χ1) is 16.7. The number of carbonyl (C=O) groups is 2. The Morgan fingerprint density at radius 2 is 1.83 bits per heavy atom. The number of ether oxygens (including phenoxy) is 1. The second-order valence-corrected chi connectivity index (χ2v) is 8.09. The Balaban J connectivity index is 1.41. The number of amides is 2. The molecule has 3 heterocycles. The molecule has 2 amide bonds. The summed E-state index contributed by atoms with van der Waals surface area (Å²) in [7, 11) is 3.34. The van der Waals surface area contributed by atoms with Crippen LogP contribution in [-0.4, -0.2) is 50.4 Å². The number of aromatic nitrogens is 5. The minimum atomic E-state index is -0.541. The van der Waals surface area contributed by atoms with Crippen molar-refractivity contribution in [2.75, 3.05) is 19.0 Å². The van der Waals surface area contributed by atoms with E-state index in [2.05, 4.69) is 30.9 Å². The van der Waals surface area contributed by atoms with E-state index in [0.717, 1.165) is 22.2 Å². The van der Waals surface area contributed by atoms with Crippen molar-refractivity contribution in [1.29, 1.82) is 0 Å². The number of anilines is 1. The number of rotatable bonds is 7. The second kappa shape index (κ2) is 9.41. The van der Waals surface area contributed by atoms with Crippen molar-refractivity contribution < 1.29 is 14.3 Å². The van der Waals surface area contributed by atoms with Crippen molar-refractivity contribution in [2.24, 2.45) is 7.05 Å². The molecule has 0 aliphatic rings. The number of fused-ring (bicyclic) bond motifs is 2. The van der Waals surface area contributed by atoms with Crippen molar-refractivity contribution in [2.45, 2.75) is 26.7 Å². The molecule has 0 atom stereocenters. The van der Waals surface area contributed by atoms with Crippen molar-refractivity contribution >= 4 is 39.3 Å². The summed E-state index contributed by atoms with van der Waals surface area (Å²) in [6.45, 7) is 3.53. The normalized spacial score (nSPS) is 11.1. The molecule has 35 heavy (non-hydrogen) atoms. The van der Waals surface area contributed by atoms with E-state index in [1.165, 1.54) is 12.1 Å². The van der Waals surface area contributed by atoms with E-state index in [1.807, 2.05) is 13.8 Å². The molecule has 3 aromatic heterocycles. The summed E-state index contributed by atoms with van der Waals surface area (Å²) in [5.74, 6) is -0.366. The molecule has 0 unspecified atom stereocenters. The van der Waals surface area contributed by atoms with Crippen molar-refractivity contribution in [1.82, 2.24) is 30.3 Å². The number of aromatic amines is 2. The Labute approximate surface area is 198 Å². The molecule has 4 aromatic rings. The molecule has 0 saturated heterocycles. The fraction of sp³-hybridized carbons (Fsp3) is 0.304. The zero-order valence-electron chi connectivity index (χ0n) is 19.7. The number of hydrogen-bond donors (Lipinski definition) is 4. The molecular formula is C23H25N7O5. The fourth-order valence-corrected chi connectivity index (χ4v) is 4.14. The number of nitrogens with zero attached hydrogens (tertiary/aromatic N) is 3. The summed E-state index contributed by atoms with van der Waals surface area (Å²) in [4.78, 5) is 53.5.